The molecule has 1 atom stereocenters. The molecule has 0 fully saturated rings. The number of likely N-dealkylation sites (N-methyl/N-ethyl adjacent to an activating group) is 1. The Kier molecular flexibility index (Phi) is 7.45. The number of aliphatic hydroxyl groups excluding tert-OH is 1. The normalized spacial score (nSPS) is 13.8. The molecular weight excluding hydrogens is 154 g/mol. The highest BCUT2D eigenvalue weighted by Crippen LogP contribution is 1.92. The van der Waals surface area contributed by atoms with Crippen LogP contribution in [0.3, 0.4) is 0 Å². The van der Waals surface area contributed by atoms with Gasteiger partial charge in [0.1, 0.15) is 0 Å². The van der Waals surface area contributed by atoms with Crippen molar-refractivity contribution < 1.29 is 9.84 Å². The second-order valence-electron chi connectivity index (χ2n) is 2.80. The SMILES string of the molecule is CCOC[C@H](O)CN(CC)CC. The molecule has 0 aromatic carbocycles. The maximum atomic E-state index is 9.45. The Bertz CT molecular complexity index is 94.5. The second kappa shape index (κ2) is 7.53. The van der Waals surface area contributed by atoms with Crippen LogP contribution in [0.2, 0.25) is 0 Å². The van der Waals surface area contributed by atoms with E-state index in [0.717, 1.165) is 13.1 Å². The molecule has 12 heavy (non-hydrogen) atoms. The zero-order valence-electron chi connectivity index (χ0n) is 8.42. The van der Waals surface area contributed by atoms with Gasteiger partial charge < -0.3 is 14.7 Å². The number of hydrogen-bond donors (Lipinski definition) is 1. The van der Waals surface area contributed by atoms with Crippen LogP contribution in [0.4, 0.5) is 0 Å². The summed E-state index contributed by atoms with van der Waals surface area (Å²) in [4.78, 5) is 2.18. The van der Waals surface area contributed by atoms with Gasteiger partial charge in [0.15, 0.2) is 0 Å². The first-order valence-corrected chi connectivity index (χ1v) is 4.72. The highest BCUT2D eigenvalue weighted by molar-refractivity contribution is 4.60. The molecule has 3 heteroatoms. The van der Waals surface area contributed by atoms with Crippen molar-refractivity contribution in [3.05, 3.63) is 0 Å². The smallest absolute Gasteiger partial charge is 0.0900 e. The van der Waals surface area contributed by atoms with E-state index in [-0.39, 0.29) is 6.10 Å². The first kappa shape index (κ1) is 11.9. The number of ether oxygens (including phenoxy) is 1. The molecule has 0 amide bonds. The molecule has 0 radical (unpaired) electrons. The standard InChI is InChI=1S/C9H21NO2/c1-4-10(5-2)7-9(11)8-12-6-3/h9,11H,4-8H2,1-3H3/t9-/m1/s1. The van der Waals surface area contributed by atoms with Gasteiger partial charge in [-0.25, -0.2) is 0 Å². The maximum Gasteiger partial charge on any atom is 0.0900 e. The molecule has 0 unspecified atom stereocenters. The van der Waals surface area contributed by atoms with E-state index < -0.39 is 0 Å². The van der Waals surface area contributed by atoms with E-state index in [2.05, 4.69) is 18.7 Å². The minimum Gasteiger partial charge on any atom is -0.389 e. The number of hydrogen-bond acceptors (Lipinski definition) is 3. The molecule has 0 aromatic rings. The van der Waals surface area contributed by atoms with Gasteiger partial charge in [-0.1, -0.05) is 13.8 Å². The summed E-state index contributed by atoms with van der Waals surface area (Å²) in [5, 5.41) is 9.45. The molecule has 0 saturated carbocycles. The summed E-state index contributed by atoms with van der Waals surface area (Å²) in [6.07, 6.45) is -0.343. The van der Waals surface area contributed by atoms with Crippen LogP contribution >= 0.6 is 0 Å². The molecule has 0 spiro atoms. The van der Waals surface area contributed by atoms with E-state index in [1.165, 1.54) is 0 Å². The Balaban J connectivity index is 3.44. The van der Waals surface area contributed by atoms with Gasteiger partial charge in [-0.2, -0.15) is 0 Å². The molecule has 0 heterocycles. The van der Waals surface area contributed by atoms with Gasteiger partial charge in [0.05, 0.1) is 12.7 Å². The van der Waals surface area contributed by atoms with E-state index >= 15 is 0 Å². The fraction of sp³-hybridized carbons (Fsp3) is 1.00. The van der Waals surface area contributed by atoms with E-state index in [9.17, 15) is 5.11 Å². The maximum absolute atomic E-state index is 9.45. The van der Waals surface area contributed by atoms with Crippen LogP contribution < -0.4 is 0 Å². The molecule has 0 saturated heterocycles. The predicted molar refractivity (Wildman–Crippen MR) is 50.3 cm³/mol. The Labute approximate surface area is 75.3 Å². The van der Waals surface area contributed by atoms with Crippen LogP contribution in [-0.2, 0) is 4.74 Å². The van der Waals surface area contributed by atoms with Crippen LogP contribution in [0.25, 0.3) is 0 Å². The van der Waals surface area contributed by atoms with Crippen LogP contribution in [0.5, 0.6) is 0 Å². The average molecular weight is 175 g/mol. The molecule has 3 nitrogen and oxygen atoms in total. The number of aliphatic hydroxyl groups is 1. The molecule has 1 N–H and O–H groups in total. The van der Waals surface area contributed by atoms with Gasteiger partial charge in [-0.05, 0) is 20.0 Å². The largest absolute Gasteiger partial charge is 0.389 e. The molecule has 0 aliphatic carbocycles. The molecule has 0 aliphatic heterocycles. The van der Waals surface area contributed by atoms with E-state index in [1.807, 2.05) is 6.92 Å². The van der Waals surface area contributed by atoms with Crippen LogP contribution in [0.1, 0.15) is 20.8 Å². The summed E-state index contributed by atoms with van der Waals surface area (Å²) in [6.45, 7) is 9.94. The van der Waals surface area contributed by atoms with Crippen molar-refractivity contribution >= 4 is 0 Å². The second-order valence-corrected chi connectivity index (χ2v) is 2.80. The fourth-order valence-electron chi connectivity index (χ4n) is 1.09. The van der Waals surface area contributed by atoms with Crippen LogP contribution in [-0.4, -0.2) is 49.0 Å². The fourth-order valence-corrected chi connectivity index (χ4v) is 1.09. The zero-order chi connectivity index (χ0) is 9.40. The molecule has 0 aliphatic rings. The molecule has 0 bridgehead atoms. The first-order chi connectivity index (χ1) is 5.74. The van der Waals surface area contributed by atoms with Crippen molar-refractivity contribution in [2.75, 3.05) is 32.8 Å². The summed E-state index contributed by atoms with van der Waals surface area (Å²) < 4.78 is 5.11. The topological polar surface area (TPSA) is 32.7 Å². The Morgan fingerprint density at radius 2 is 1.83 bits per heavy atom. The monoisotopic (exact) mass is 175 g/mol. The minimum absolute atomic E-state index is 0.343. The number of nitrogens with zero attached hydrogens (tertiary/aromatic N) is 1. The summed E-state index contributed by atoms with van der Waals surface area (Å²) in [5.74, 6) is 0. The van der Waals surface area contributed by atoms with Crippen LogP contribution in [0, 0.1) is 0 Å². The van der Waals surface area contributed by atoms with Crippen LogP contribution in [0.15, 0.2) is 0 Å². The summed E-state index contributed by atoms with van der Waals surface area (Å²) in [6, 6.07) is 0. The third-order valence-corrected chi connectivity index (χ3v) is 1.88. The highest BCUT2D eigenvalue weighted by Gasteiger charge is 2.07. The summed E-state index contributed by atoms with van der Waals surface area (Å²) in [7, 11) is 0. The molecule has 0 aromatic heterocycles. The van der Waals surface area contributed by atoms with Gasteiger partial charge in [0.2, 0.25) is 0 Å². The van der Waals surface area contributed by atoms with Crippen molar-refractivity contribution in [1.29, 1.82) is 0 Å². The van der Waals surface area contributed by atoms with Gasteiger partial charge in [-0.15, -0.1) is 0 Å². The van der Waals surface area contributed by atoms with Crippen molar-refractivity contribution in [1.82, 2.24) is 4.90 Å². The third kappa shape index (κ3) is 5.52. The quantitative estimate of drug-likeness (QED) is 0.619. The minimum atomic E-state index is -0.343. The van der Waals surface area contributed by atoms with Gasteiger partial charge >= 0.3 is 0 Å². The van der Waals surface area contributed by atoms with E-state index in [1.54, 1.807) is 0 Å². The first-order valence-electron chi connectivity index (χ1n) is 4.72. The highest BCUT2D eigenvalue weighted by atomic mass is 16.5. The summed E-state index contributed by atoms with van der Waals surface area (Å²) in [5.41, 5.74) is 0. The summed E-state index contributed by atoms with van der Waals surface area (Å²) >= 11 is 0. The van der Waals surface area contributed by atoms with Gasteiger partial charge in [-0.3, -0.25) is 0 Å². The van der Waals surface area contributed by atoms with Gasteiger partial charge in [0.25, 0.3) is 0 Å². The van der Waals surface area contributed by atoms with Crippen molar-refractivity contribution in [2.24, 2.45) is 0 Å². The van der Waals surface area contributed by atoms with E-state index in [4.69, 9.17) is 4.74 Å². The molecule has 0 rings (SSSR count). The lowest BCUT2D eigenvalue weighted by Gasteiger charge is -2.21. The third-order valence-electron chi connectivity index (χ3n) is 1.88. The van der Waals surface area contributed by atoms with Crippen molar-refractivity contribution in [2.45, 2.75) is 26.9 Å². The zero-order valence-corrected chi connectivity index (χ0v) is 8.42. The molecular formula is C9H21NO2. The average Bonchev–Trinajstić information content (AvgIpc) is 2.10. The lowest BCUT2D eigenvalue weighted by molar-refractivity contribution is 0.0229. The lowest BCUT2D eigenvalue weighted by atomic mass is 10.3. The Hall–Kier alpha value is -0.120. The van der Waals surface area contributed by atoms with Crippen molar-refractivity contribution in [3.8, 4) is 0 Å². The van der Waals surface area contributed by atoms with E-state index in [0.29, 0.717) is 19.8 Å². The lowest BCUT2D eigenvalue weighted by Crippen LogP contribution is -2.34. The Morgan fingerprint density at radius 3 is 2.25 bits per heavy atom. The Morgan fingerprint density at radius 1 is 1.25 bits per heavy atom. The number of rotatable bonds is 7. The van der Waals surface area contributed by atoms with Gasteiger partial charge in [0, 0.05) is 13.2 Å². The molecule has 74 valence electrons. The van der Waals surface area contributed by atoms with Crippen molar-refractivity contribution in [3.63, 3.8) is 0 Å². The predicted octanol–water partition coefficient (Wildman–Crippen LogP) is 0.726.